The Morgan fingerprint density at radius 2 is 1.75 bits per heavy atom. The first-order valence-corrected chi connectivity index (χ1v) is 9.26. The molecule has 0 amide bonds. The van der Waals surface area contributed by atoms with E-state index in [0.29, 0.717) is 24.0 Å². The normalized spacial score (nSPS) is 14.4. The molecule has 6 nitrogen and oxygen atoms in total. The van der Waals surface area contributed by atoms with Gasteiger partial charge >= 0.3 is 0 Å². The van der Waals surface area contributed by atoms with Crippen LogP contribution in [0, 0.1) is 5.82 Å². The van der Waals surface area contributed by atoms with Crippen LogP contribution < -0.4 is 15.8 Å². The second-order valence-corrected chi connectivity index (χ2v) is 6.93. The number of halogens is 1. The third-order valence-corrected chi connectivity index (χ3v) is 5.17. The summed E-state index contributed by atoms with van der Waals surface area (Å²) in [6.45, 7) is 2.33. The zero-order chi connectivity index (χ0) is 19.1. The van der Waals surface area contributed by atoms with E-state index < -0.39 is 0 Å². The van der Waals surface area contributed by atoms with E-state index in [2.05, 4.69) is 10.4 Å². The van der Waals surface area contributed by atoms with E-state index in [-0.39, 0.29) is 5.82 Å². The Morgan fingerprint density at radius 1 is 1.07 bits per heavy atom. The van der Waals surface area contributed by atoms with E-state index >= 15 is 0 Å². The molecular formula is C21H20FN5O. The highest BCUT2D eigenvalue weighted by atomic mass is 19.1. The molecule has 0 unspecified atom stereocenters. The van der Waals surface area contributed by atoms with Crippen LogP contribution in [0.4, 0.5) is 4.39 Å². The molecule has 0 atom stereocenters. The molecule has 1 aliphatic heterocycles. The maximum Gasteiger partial charge on any atom is 0.157 e. The third kappa shape index (κ3) is 2.85. The summed E-state index contributed by atoms with van der Waals surface area (Å²) in [5.41, 5.74) is 11.0. The number of nitrogens with zero attached hydrogens (tertiary/aromatic N) is 2. The number of rotatable bonds is 5. The largest absolute Gasteiger partial charge is 0.457 e. The molecule has 4 aromatic rings. The van der Waals surface area contributed by atoms with Crippen LogP contribution in [0.1, 0.15) is 17.2 Å². The Balaban J connectivity index is 1.46. The predicted molar refractivity (Wildman–Crippen MR) is 105 cm³/mol. The van der Waals surface area contributed by atoms with E-state index in [4.69, 9.17) is 15.5 Å². The highest BCUT2D eigenvalue weighted by Crippen LogP contribution is 2.31. The van der Waals surface area contributed by atoms with Gasteiger partial charge in [-0.05, 0) is 48.5 Å². The first-order chi connectivity index (χ1) is 13.7. The van der Waals surface area contributed by atoms with Crippen LogP contribution in [0.15, 0.2) is 54.7 Å². The van der Waals surface area contributed by atoms with Crippen LogP contribution >= 0.6 is 0 Å². The Bertz CT molecular complexity index is 1110. The number of H-pyrrole nitrogens is 1. The van der Waals surface area contributed by atoms with Crippen molar-refractivity contribution in [3.63, 3.8) is 0 Å². The summed E-state index contributed by atoms with van der Waals surface area (Å²) in [5.74, 6) is 1.46. The lowest BCUT2D eigenvalue weighted by molar-refractivity contribution is 0.450. The van der Waals surface area contributed by atoms with Crippen LogP contribution in [0.25, 0.3) is 16.9 Å². The molecule has 0 spiro atoms. The highest BCUT2D eigenvalue weighted by Gasteiger charge is 2.25. The minimum Gasteiger partial charge on any atom is -0.457 e. The number of aromatic amines is 1. The number of aromatic nitrogens is 3. The summed E-state index contributed by atoms with van der Waals surface area (Å²) in [7, 11) is 0. The van der Waals surface area contributed by atoms with Gasteiger partial charge in [-0.2, -0.15) is 0 Å². The zero-order valence-electron chi connectivity index (χ0n) is 15.2. The van der Waals surface area contributed by atoms with Crippen molar-refractivity contribution in [3.05, 3.63) is 71.8 Å². The molecule has 142 valence electrons. The fourth-order valence-electron chi connectivity index (χ4n) is 3.53. The molecule has 0 bridgehead atoms. The number of nitrogens with one attached hydrogen (secondary N) is 2. The van der Waals surface area contributed by atoms with E-state index in [0.717, 1.165) is 35.7 Å². The average Bonchev–Trinajstić information content (AvgIpc) is 3.23. The van der Waals surface area contributed by atoms with Crippen molar-refractivity contribution < 1.29 is 9.13 Å². The molecule has 5 rings (SSSR count). The molecule has 3 heterocycles. The Labute approximate surface area is 161 Å². The maximum atomic E-state index is 13.0. The molecular weight excluding hydrogens is 357 g/mol. The molecule has 1 aliphatic rings. The Kier molecular flexibility index (Phi) is 4.11. The van der Waals surface area contributed by atoms with Gasteiger partial charge in [0.15, 0.2) is 5.65 Å². The van der Waals surface area contributed by atoms with Crippen molar-refractivity contribution in [2.24, 2.45) is 5.73 Å². The number of imidazole rings is 1. The maximum absolute atomic E-state index is 13.0. The topological polar surface area (TPSA) is 80.4 Å². The smallest absolute Gasteiger partial charge is 0.157 e. The van der Waals surface area contributed by atoms with Crippen LogP contribution in [-0.4, -0.2) is 27.7 Å². The molecule has 7 heteroatoms. The molecule has 0 saturated carbocycles. The summed E-state index contributed by atoms with van der Waals surface area (Å²) in [5, 5.41) is 6.59. The monoisotopic (exact) mass is 377 g/mol. The number of fused-ring (bicyclic) bond motifs is 1. The van der Waals surface area contributed by atoms with Gasteiger partial charge in [0.05, 0.1) is 11.4 Å². The van der Waals surface area contributed by atoms with Crippen molar-refractivity contribution in [2.75, 3.05) is 13.1 Å². The van der Waals surface area contributed by atoms with Crippen LogP contribution in [0.2, 0.25) is 0 Å². The first kappa shape index (κ1) is 17.0. The van der Waals surface area contributed by atoms with Crippen LogP contribution in [0.3, 0.4) is 0 Å². The van der Waals surface area contributed by atoms with Gasteiger partial charge in [0.25, 0.3) is 0 Å². The fourth-order valence-corrected chi connectivity index (χ4v) is 3.53. The number of benzene rings is 2. The number of ether oxygens (including phenoxy) is 1. The lowest BCUT2D eigenvalue weighted by atomic mass is 9.96. The van der Waals surface area contributed by atoms with E-state index in [9.17, 15) is 4.39 Å². The van der Waals surface area contributed by atoms with E-state index in [1.807, 2.05) is 35.0 Å². The van der Waals surface area contributed by atoms with Crippen LogP contribution in [0.5, 0.6) is 11.5 Å². The van der Waals surface area contributed by atoms with Crippen LogP contribution in [-0.2, 0) is 6.54 Å². The minimum atomic E-state index is -0.287. The predicted octanol–water partition coefficient (Wildman–Crippen LogP) is 3.41. The van der Waals surface area contributed by atoms with Gasteiger partial charge in [0.2, 0.25) is 0 Å². The quantitative estimate of drug-likeness (QED) is 0.498. The third-order valence-electron chi connectivity index (χ3n) is 5.17. The number of hydrogen-bond acceptors (Lipinski definition) is 4. The molecule has 1 saturated heterocycles. The van der Waals surface area contributed by atoms with Gasteiger partial charge in [-0.3, -0.25) is 5.10 Å². The molecule has 2 aromatic heterocycles. The van der Waals surface area contributed by atoms with Crippen molar-refractivity contribution in [1.29, 1.82) is 0 Å². The summed E-state index contributed by atoms with van der Waals surface area (Å²) >= 11 is 0. The van der Waals surface area contributed by atoms with Gasteiger partial charge in [-0.1, -0.05) is 0 Å². The zero-order valence-corrected chi connectivity index (χ0v) is 15.2. The SMILES string of the molecule is NCc1c(-c2ccc(Oc3ccc(F)cc3)cc2)nc2c(C3CNC3)c[nH]n12. The highest BCUT2D eigenvalue weighted by molar-refractivity contribution is 5.69. The molecule has 1 fully saturated rings. The fraction of sp³-hybridized carbons (Fsp3) is 0.190. The summed E-state index contributed by atoms with van der Waals surface area (Å²) in [6.07, 6.45) is 2.02. The second kappa shape index (κ2) is 6.78. The lowest BCUT2D eigenvalue weighted by Crippen LogP contribution is -2.39. The van der Waals surface area contributed by atoms with Gasteiger partial charge in [0, 0.05) is 42.9 Å². The Morgan fingerprint density at radius 3 is 2.36 bits per heavy atom. The van der Waals surface area contributed by atoms with Crippen molar-refractivity contribution >= 4 is 5.65 Å². The van der Waals surface area contributed by atoms with Gasteiger partial charge in [0.1, 0.15) is 17.3 Å². The molecule has 2 aromatic carbocycles. The van der Waals surface area contributed by atoms with E-state index in [1.54, 1.807) is 12.1 Å². The summed E-state index contributed by atoms with van der Waals surface area (Å²) in [6, 6.07) is 13.6. The van der Waals surface area contributed by atoms with Crippen molar-refractivity contribution in [1.82, 2.24) is 19.9 Å². The molecule has 0 aliphatic carbocycles. The van der Waals surface area contributed by atoms with Crippen molar-refractivity contribution in [3.8, 4) is 22.8 Å². The lowest BCUT2D eigenvalue weighted by Gasteiger charge is -2.25. The van der Waals surface area contributed by atoms with Gasteiger partial charge in [-0.25, -0.2) is 13.9 Å². The number of hydrogen-bond donors (Lipinski definition) is 3. The van der Waals surface area contributed by atoms with Gasteiger partial charge in [-0.15, -0.1) is 0 Å². The number of nitrogens with two attached hydrogens (primary N) is 1. The molecule has 0 radical (unpaired) electrons. The molecule has 4 N–H and O–H groups in total. The second-order valence-electron chi connectivity index (χ2n) is 6.93. The Hall–Kier alpha value is -3.16. The standard InChI is InChI=1S/C21H20FN5O/c22-15-3-7-17(8-4-15)28-16-5-1-13(2-6-16)20-19(9-23)27-21(26-20)18(12-25-27)14-10-24-11-14/h1-8,12,14,24-25H,9-11,23H2. The van der Waals surface area contributed by atoms with Crippen molar-refractivity contribution in [2.45, 2.75) is 12.5 Å². The van der Waals surface area contributed by atoms with E-state index in [1.165, 1.54) is 17.7 Å². The first-order valence-electron chi connectivity index (χ1n) is 9.26. The molecule has 28 heavy (non-hydrogen) atoms. The average molecular weight is 377 g/mol. The van der Waals surface area contributed by atoms with Gasteiger partial charge < -0.3 is 15.8 Å². The summed E-state index contributed by atoms with van der Waals surface area (Å²) < 4.78 is 20.8. The minimum absolute atomic E-state index is 0.287. The summed E-state index contributed by atoms with van der Waals surface area (Å²) in [4.78, 5) is 4.88.